The van der Waals surface area contributed by atoms with Crippen LogP contribution in [0.2, 0.25) is 0 Å². The number of rotatable bonds is 22. The SMILES string of the molecule is C=CC(=O)OCCOC(=O)C(C#N)=Cc1ccc(N(CCOC(C)=O)CC(C)OCC(C)OCC(C)OCC(C)OC)cc1. The summed E-state index contributed by atoms with van der Waals surface area (Å²) in [4.78, 5) is 36.7. The van der Waals surface area contributed by atoms with E-state index < -0.39 is 11.9 Å². The first kappa shape index (κ1) is 38.3. The number of hydrogen-bond acceptors (Lipinski definition) is 12. The molecular formula is C32H46N2O10. The highest BCUT2D eigenvalue weighted by Crippen LogP contribution is 2.18. The molecule has 12 nitrogen and oxygen atoms in total. The monoisotopic (exact) mass is 618 g/mol. The van der Waals surface area contributed by atoms with Crippen LogP contribution in [-0.2, 0) is 47.5 Å². The van der Waals surface area contributed by atoms with Crippen LogP contribution in [-0.4, -0.2) is 102 Å². The average Bonchev–Trinajstić information content (AvgIpc) is 3.01. The Bertz CT molecular complexity index is 1100. The lowest BCUT2D eigenvalue weighted by atomic mass is 10.1. The Labute approximate surface area is 260 Å². The zero-order valence-electron chi connectivity index (χ0n) is 26.6. The van der Waals surface area contributed by atoms with Crippen molar-refractivity contribution in [1.82, 2.24) is 0 Å². The van der Waals surface area contributed by atoms with Crippen LogP contribution in [0.5, 0.6) is 0 Å². The van der Waals surface area contributed by atoms with E-state index in [2.05, 4.69) is 6.58 Å². The third kappa shape index (κ3) is 16.8. The van der Waals surface area contributed by atoms with E-state index in [4.69, 9.17) is 33.2 Å². The van der Waals surface area contributed by atoms with Crippen LogP contribution in [0, 0.1) is 11.3 Å². The number of carbonyl (C=O) groups excluding carboxylic acids is 3. The fourth-order valence-corrected chi connectivity index (χ4v) is 3.55. The molecule has 0 spiro atoms. The highest BCUT2D eigenvalue weighted by atomic mass is 16.6. The molecular weight excluding hydrogens is 572 g/mol. The number of carbonyl (C=O) groups is 3. The van der Waals surface area contributed by atoms with Crippen LogP contribution >= 0.6 is 0 Å². The van der Waals surface area contributed by atoms with Crippen molar-refractivity contribution in [2.75, 3.05) is 64.7 Å². The predicted octanol–water partition coefficient (Wildman–Crippen LogP) is 3.49. The van der Waals surface area contributed by atoms with Gasteiger partial charge in [0.15, 0.2) is 0 Å². The number of anilines is 1. The quantitative estimate of drug-likeness (QED) is 0.0617. The van der Waals surface area contributed by atoms with Crippen LogP contribution in [0.25, 0.3) is 6.08 Å². The van der Waals surface area contributed by atoms with Gasteiger partial charge in [0.05, 0.1) is 50.8 Å². The fraction of sp³-hybridized carbons (Fsp3) is 0.562. The second-order valence-corrected chi connectivity index (χ2v) is 10.0. The van der Waals surface area contributed by atoms with Crippen molar-refractivity contribution >= 4 is 29.7 Å². The van der Waals surface area contributed by atoms with E-state index in [1.54, 1.807) is 19.2 Å². The second kappa shape index (κ2) is 21.9. The Morgan fingerprint density at radius 3 is 1.98 bits per heavy atom. The number of ether oxygens (including phenoxy) is 7. The van der Waals surface area contributed by atoms with Gasteiger partial charge < -0.3 is 38.1 Å². The number of hydrogen-bond donors (Lipinski definition) is 0. The van der Waals surface area contributed by atoms with Crippen LogP contribution in [0.3, 0.4) is 0 Å². The number of esters is 3. The van der Waals surface area contributed by atoms with Gasteiger partial charge in [-0.15, -0.1) is 0 Å². The highest BCUT2D eigenvalue weighted by Gasteiger charge is 2.16. The molecule has 0 aromatic heterocycles. The smallest absolute Gasteiger partial charge is 0.349 e. The summed E-state index contributed by atoms with van der Waals surface area (Å²) in [5, 5.41) is 9.43. The molecule has 0 heterocycles. The number of nitrogens with zero attached hydrogens (tertiary/aromatic N) is 2. The minimum atomic E-state index is -0.832. The molecule has 0 radical (unpaired) electrons. The molecule has 0 amide bonds. The van der Waals surface area contributed by atoms with Gasteiger partial charge in [0.1, 0.15) is 31.5 Å². The lowest BCUT2D eigenvalue weighted by Crippen LogP contribution is -2.36. The number of nitriles is 1. The molecule has 244 valence electrons. The van der Waals surface area contributed by atoms with Crippen molar-refractivity contribution in [3.05, 3.63) is 48.1 Å². The first-order valence-corrected chi connectivity index (χ1v) is 14.4. The van der Waals surface area contributed by atoms with Crippen LogP contribution < -0.4 is 4.90 Å². The average molecular weight is 619 g/mol. The third-order valence-electron chi connectivity index (χ3n) is 6.03. The summed E-state index contributed by atoms with van der Waals surface area (Å²) >= 11 is 0. The van der Waals surface area contributed by atoms with E-state index in [9.17, 15) is 19.6 Å². The maximum absolute atomic E-state index is 12.3. The Hall–Kier alpha value is -3.76. The number of methoxy groups -OCH3 is 1. The lowest BCUT2D eigenvalue weighted by Gasteiger charge is -2.28. The van der Waals surface area contributed by atoms with Crippen molar-refractivity contribution in [2.24, 2.45) is 0 Å². The molecule has 44 heavy (non-hydrogen) atoms. The van der Waals surface area contributed by atoms with Crippen molar-refractivity contribution in [2.45, 2.75) is 59.0 Å². The molecule has 0 N–H and O–H groups in total. The third-order valence-corrected chi connectivity index (χ3v) is 6.03. The first-order valence-electron chi connectivity index (χ1n) is 14.4. The maximum atomic E-state index is 12.3. The molecule has 12 heteroatoms. The zero-order valence-corrected chi connectivity index (χ0v) is 26.6. The van der Waals surface area contributed by atoms with Gasteiger partial charge in [-0.25, -0.2) is 9.59 Å². The van der Waals surface area contributed by atoms with Crippen LogP contribution in [0.15, 0.2) is 42.5 Å². The van der Waals surface area contributed by atoms with Gasteiger partial charge in [0, 0.05) is 32.3 Å². The summed E-state index contributed by atoms with van der Waals surface area (Å²) in [6.45, 7) is 14.5. The topological polar surface area (TPSA) is 143 Å². The first-order chi connectivity index (χ1) is 21.0. The molecule has 0 saturated carbocycles. The molecule has 1 aromatic rings. The standard InChI is InChI=1S/C32H46N2O10/c1-8-31(36)40-15-16-41-32(37)29(18-33)17-28-9-11-30(12-10-28)34(13-14-39-27(6)35)19-23(2)42-21-25(4)44-22-26(5)43-20-24(3)38-7/h8-12,17,23-26H,1,13-16,19-22H2,2-7H3. The Kier molecular flexibility index (Phi) is 19.0. The van der Waals surface area contributed by atoms with E-state index in [0.29, 0.717) is 38.5 Å². The minimum Gasteiger partial charge on any atom is -0.464 e. The summed E-state index contributed by atoms with van der Waals surface area (Å²) in [5.74, 6) is -1.84. The summed E-state index contributed by atoms with van der Waals surface area (Å²) in [7, 11) is 1.64. The lowest BCUT2D eigenvalue weighted by molar-refractivity contribution is -0.146. The molecule has 0 aliphatic rings. The van der Waals surface area contributed by atoms with Crippen molar-refractivity contribution in [3.63, 3.8) is 0 Å². The molecule has 1 rings (SSSR count). The van der Waals surface area contributed by atoms with E-state index in [1.165, 1.54) is 13.0 Å². The van der Waals surface area contributed by atoms with Gasteiger partial charge in [-0.3, -0.25) is 4.79 Å². The number of benzene rings is 1. The Balaban J connectivity index is 2.75. The fourth-order valence-electron chi connectivity index (χ4n) is 3.55. The van der Waals surface area contributed by atoms with E-state index in [1.807, 2.05) is 50.8 Å². The van der Waals surface area contributed by atoms with Gasteiger partial charge in [0.2, 0.25) is 0 Å². The van der Waals surface area contributed by atoms with E-state index in [0.717, 1.165) is 11.8 Å². The van der Waals surface area contributed by atoms with E-state index in [-0.39, 0.29) is 55.8 Å². The zero-order chi connectivity index (χ0) is 32.9. The van der Waals surface area contributed by atoms with Crippen molar-refractivity contribution in [3.8, 4) is 6.07 Å². The van der Waals surface area contributed by atoms with Crippen LogP contribution in [0.1, 0.15) is 40.2 Å². The summed E-state index contributed by atoms with van der Waals surface area (Å²) in [5.41, 5.74) is 1.23. The largest absolute Gasteiger partial charge is 0.464 e. The molecule has 0 saturated heterocycles. The normalized spacial score (nSPS) is 14.0. The van der Waals surface area contributed by atoms with Gasteiger partial charge in [-0.05, 0) is 51.5 Å². The molecule has 0 bridgehead atoms. The molecule has 0 aliphatic heterocycles. The molecule has 4 unspecified atom stereocenters. The Morgan fingerprint density at radius 2 is 1.43 bits per heavy atom. The van der Waals surface area contributed by atoms with Crippen molar-refractivity contribution in [1.29, 1.82) is 5.26 Å². The molecule has 4 atom stereocenters. The van der Waals surface area contributed by atoms with Gasteiger partial charge in [0.25, 0.3) is 0 Å². The van der Waals surface area contributed by atoms with Gasteiger partial charge >= 0.3 is 17.9 Å². The van der Waals surface area contributed by atoms with Crippen molar-refractivity contribution < 1.29 is 47.5 Å². The molecule has 0 fully saturated rings. The predicted molar refractivity (Wildman–Crippen MR) is 164 cm³/mol. The van der Waals surface area contributed by atoms with Crippen LogP contribution in [0.4, 0.5) is 5.69 Å². The summed E-state index contributed by atoms with van der Waals surface area (Å²) < 4.78 is 37.7. The van der Waals surface area contributed by atoms with Gasteiger partial charge in [-0.1, -0.05) is 18.7 Å². The summed E-state index contributed by atoms with van der Waals surface area (Å²) in [6.07, 6.45) is 2.02. The molecule has 1 aromatic carbocycles. The molecule has 0 aliphatic carbocycles. The van der Waals surface area contributed by atoms with E-state index >= 15 is 0 Å². The highest BCUT2D eigenvalue weighted by molar-refractivity contribution is 5.97. The minimum absolute atomic E-state index is 0.0163. The summed E-state index contributed by atoms with van der Waals surface area (Å²) in [6, 6.07) is 9.00. The maximum Gasteiger partial charge on any atom is 0.349 e. The second-order valence-electron chi connectivity index (χ2n) is 10.0. The Morgan fingerprint density at radius 1 is 0.864 bits per heavy atom. The van der Waals surface area contributed by atoms with Gasteiger partial charge in [-0.2, -0.15) is 5.26 Å².